The van der Waals surface area contributed by atoms with Gasteiger partial charge in [-0.15, -0.1) is 0 Å². The molecule has 1 N–H and O–H groups in total. The van der Waals surface area contributed by atoms with Crippen molar-refractivity contribution in [2.24, 2.45) is 0 Å². The second-order valence-electron chi connectivity index (χ2n) is 5.86. The third-order valence-electron chi connectivity index (χ3n) is 4.25. The Balaban J connectivity index is 1.84. The number of fused-ring (bicyclic) bond motifs is 1. The first kappa shape index (κ1) is 16.6. The Morgan fingerprint density at radius 3 is 2.73 bits per heavy atom. The van der Waals surface area contributed by atoms with Crippen molar-refractivity contribution in [3.05, 3.63) is 57.6 Å². The molecular formula is C17H14ClFN4O3. The monoisotopic (exact) mass is 376 g/mol. The minimum absolute atomic E-state index is 0.00443. The third-order valence-corrected chi connectivity index (χ3v) is 4.54. The van der Waals surface area contributed by atoms with Crippen LogP contribution in [0.5, 0.6) is 17.6 Å². The number of imidazole rings is 1. The van der Waals surface area contributed by atoms with Crippen molar-refractivity contribution >= 4 is 11.6 Å². The predicted octanol–water partition coefficient (Wildman–Crippen LogP) is 3.06. The van der Waals surface area contributed by atoms with Crippen molar-refractivity contribution < 1.29 is 14.2 Å². The fourth-order valence-corrected chi connectivity index (χ4v) is 3.23. The quantitative estimate of drug-likeness (QED) is 0.759. The van der Waals surface area contributed by atoms with Crippen molar-refractivity contribution in [3.63, 3.8) is 0 Å². The number of aromatic hydroxyl groups is 1. The number of hydrogen-bond acceptors (Lipinski definition) is 5. The Kier molecular flexibility index (Phi) is 4.12. The molecule has 0 fully saturated rings. The normalized spacial score (nSPS) is 13.5. The number of benzene rings is 1. The lowest BCUT2D eigenvalue weighted by atomic mass is 10.1. The molecule has 1 aliphatic rings. The minimum atomic E-state index is -0.753. The number of halogens is 2. The van der Waals surface area contributed by atoms with E-state index in [1.807, 2.05) is 0 Å². The lowest BCUT2D eigenvalue weighted by Gasteiger charge is -2.12. The Bertz CT molecular complexity index is 1030. The van der Waals surface area contributed by atoms with Crippen molar-refractivity contribution in [2.45, 2.75) is 25.8 Å². The molecule has 1 aromatic carbocycles. The number of aromatic nitrogens is 4. The summed E-state index contributed by atoms with van der Waals surface area (Å²) < 4.78 is 22.4. The molecule has 0 radical (unpaired) electrons. The average molecular weight is 377 g/mol. The highest BCUT2D eigenvalue weighted by molar-refractivity contribution is 6.32. The van der Waals surface area contributed by atoms with Crippen LogP contribution in [0.2, 0.25) is 5.02 Å². The van der Waals surface area contributed by atoms with Crippen LogP contribution in [0.4, 0.5) is 4.39 Å². The van der Waals surface area contributed by atoms with Crippen LogP contribution in [-0.2, 0) is 13.0 Å². The van der Waals surface area contributed by atoms with E-state index in [0.717, 1.165) is 23.5 Å². The maximum Gasteiger partial charge on any atom is 0.336 e. The molecule has 0 unspecified atom stereocenters. The van der Waals surface area contributed by atoms with Gasteiger partial charge in [0.25, 0.3) is 0 Å². The molecule has 3 heterocycles. The van der Waals surface area contributed by atoms with Crippen LogP contribution >= 0.6 is 11.6 Å². The summed E-state index contributed by atoms with van der Waals surface area (Å²) in [6.07, 6.45) is 5.22. The largest absolute Gasteiger partial charge is 0.493 e. The molecule has 26 heavy (non-hydrogen) atoms. The van der Waals surface area contributed by atoms with Gasteiger partial charge in [0.1, 0.15) is 5.82 Å². The first-order chi connectivity index (χ1) is 12.6. The first-order valence-electron chi connectivity index (χ1n) is 8.04. The van der Waals surface area contributed by atoms with E-state index in [0.29, 0.717) is 18.7 Å². The summed E-state index contributed by atoms with van der Waals surface area (Å²) in [6.45, 7) is 0.491. The molecule has 0 saturated carbocycles. The summed E-state index contributed by atoms with van der Waals surface area (Å²) in [7, 11) is 0. The van der Waals surface area contributed by atoms with Crippen molar-refractivity contribution in [3.8, 4) is 23.3 Å². The molecule has 1 aliphatic heterocycles. The van der Waals surface area contributed by atoms with Crippen LogP contribution in [0.25, 0.3) is 5.69 Å². The summed E-state index contributed by atoms with van der Waals surface area (Å²) in [5.74, 6) is -0.945. The molecule has 0 aliphatic carbocycles. The maximum atomic E-state index is 14.5. The number of nitrogens with zero attached hydrogens (tertiary/aromatic N) is 4. The summed E-state index contributed by atoms with van der Waals surface area (Å²) in [5.41, 5.74) is -0.144. The third kappa shape index (κ3) is 2.72. The smallest absolute Gasteiger partial charge is 0.336 e. The summed E-state index contributed by atoms with van der Waals surface area (Å²) in [4.78, 5) is 20.5. The van der Waals surface area contributed by atoms with E-state index in [1.54, 1.807) is 6.07 Å². The summed E-state index contributed by atoms with van der Waals surface area (Å²) in [5, 5.41) is 10.5. The highest BCUT2D eigenvalue weighted by Gasteiger charge is 2.25. The van der Waals surface area contributed by atoms with Crippen molar-refractivity contribution in [2.75, 3.05) is 0 Å². The molecule has 4 rings (SSSR count). The Morgan fingerprint density at radius 1 is 1.23 bits per heavy atom. The molecule has 0 amide bonds. The maximum absolute atomic E-state index is 14.5. The molecule has 0 spiro atoms. The van der Waals surface area contributed by atoms with Crippen LogP contribution in [0, 0.1) is 5.82 Å². The topological polar surface area (TPSA) is 82.2 Å². The summed E-state index contributed by atoms with van der Waals surface area (Å²) >= 11 is 6.04. The standard InChI is InChI=1S/C17H14ClFN4O3/c18-10-8-11(19)13(9-14(10)26-16-20-5-3-6-21-16)23-15(24)12-4-1-2-7-22(12)17(23)25/h3,5-6,8-9,24H,1-2,4,7H2. The molecule has 2 aromatic heterocycles. The van der Waals surface area contributed by atoms with Crippen LogP contribution in [0.3, 0.4) is 0 Å². The van der Waals surface area contributed by atoms with Gasteiger partial charge in [0.2, 0.25) is 5.88 Å². The van der Waals surface area contributed by atoms with Crippen LogP contribution in [-0.4, -0.2) is 24.2 Å². The zero-order chi connectivity index (χ0) is 18.3. The lowest BCUT2D eigenvalue weighted by Crippen LogP contribution is -2.26. The van der Waals surface area contributed by atoms with E-state index in [4.69, 9.17) is 16.3 Å². The number of rotatable bonds is 3. The van der Waals surface area contributed by atoms with Crippen molar-refractivity contribution in [1.29, 1.82) is 0 Å². The molecule has 3 aromatic rings. The van der Waals surface area contributed by atoms with Gasteiger partial charge in [-0.1, -0.05) is 11.6 Å². The van der Waals surface area contributed by atoms with Gasteiger partial charge in [0, 0.05) is 25.0 Å². The highest BCUT2D eigenvalue weighted by Crippen LogP contribution is 2.34. The van der Waals surface area contributed by atoms with Gasteiger partial charge in [-0.2, -0.15) is 0 Å². The Hall–Kier alpha value is -2.87. The molecular weight excluding hydrogens is 363 g/mol. The fourth-order valence-electron chi connectivity index (χ4n) is 3.04. The Morgan fingerprint density at radius 2 is 2.00 bits per heavy atom. The molecule has 0 bridgehead atoms. The van der Waals surface area contributed by atoms with E-state index in [1.165, 1.54) is 23.0 Å². The zero-order valence-corrected chi connectivity index (χ0v) is 14.3. The second-order valence-corrected chi connectivity index (χ2v) is 6.27. The lowest BCUT2D eigenvalue weighted by molar-refractivity contribution is 0.422. The van der Waals surface area contributed by atoms with Gasteiger partial charge in [-0.3, -0.25) is 4.57 Å². The average Bonchev–Trinajstić information content (AvgIpc) is 2.90. The van der Waals surface area contributed by atoms with Gasteiger partial charge in [-0.25, -0.2) is 23.7 Å². The SMILES string of the molecule is O=c1n2c(c(O)n1-c1cc(Oc3ncccn3)c(Cl)cc1F)CCCC2. The van der Waals surface area contributed by atoms with Crippen molar-refractivity contribution in [1.82, 2.24) is 19.1 Å². The molecule has 7 nitrogen and oxygen atoms in total. The summed E-state index contributed by atoms with van der Waals surface area (Å²) in [6, 6.07) is 3.92. The highest BCUT2D eigenvalue weighted by atomic mass is 35.5. The number of ether oxygens (including phenoxy) is 1. The van der Waals surface area contributed by atoms with Gasteiger partial charge < -0.3 is 9.84 Å². The molecule has 134 valence electrons. The van der Waals surface area contributed by atoms with E-state index < -0.39 is 11.5 Å². The van der Waals surface area contributed by atoms with E-state index in [9.17, 15) is 14.3 Å². The van der Waals surface area contributed by atoms with Crippen LogP contribution in [0.1, 0.15) is 18.5 Å². The van der Waals surface area contributed by atoms with E-state index >= 15 is 0 Å². The van der Waals surface area contributed by atoms with Gasteiger partial charge in [0.05, 0.1) is 16.4 Å². The molecule has 0 atom stereocenters. The van der Waals surface area contributed by atoms with Gasteiger partial charge in [-0.05, 0) is 31.4 Å². The fraction of sp³-hybridized carbons (Fsp3) is 0.235. The molecule has 9 heteroatoms. The van der Waals surface area contributed by atoms with Gasteiger partial charge in [0.15, 0.2) is 5.75 Å². The first-order valence-corrected chi connectivity index (χ1v) is 8.41. The second kappa shape index (κ2) is 6.45. The van der Waals surface area contributed by atoms with E-state index in [2.05, 4.69) is 9.97 Å². The van der Waals surface area contributed by atoms with Crippen LogP contribution < -0.4 is 10.4 Å². The Labute approximate surface area is 152 Å². The number of hydrogen-bond donors (Lipinski definition) is 1. The predicted molar refractivity (Wildman–Crippen MR) is 91.7 cm³/mol. The zero-order valence-electron chi connectivity index (χ0n) is 13.5. The minimum Gasteiger partial charge on any atom is -0.493 e. The van der Waals surface area contributed by atoms with Crippen LogP contribution in [0.15, 0.2) is 35.4 Å². The van der Waals surface area contributed by atoms with E-state index in [-0.39, 0.29) is 28.3 Å². The van der Waals surface area contributed by atoms with Gasteiger partial charge >= 0.3 is 11.7 Å². The molecule has 0 saturated heterocycles.